The van der Waals surface area contributed by atoms with Gasteiger partial charge in [-0.15, -0.1) is 0 Å². The Bertz CT molecular complexity index is 1380. The summed E-state index contributed by atoms with van der Waals surface area (Å²) in [6, 6.07) is 3.02. The minimum absolute atomic E-state index is 0.0536. The van der Waals surface area contributed by atoms with Gasteiger partial charge in [-0.3, -0.25) is 14.4 Å². The van der Waals surface area contributed by atoms with E-state index >= 15 is 0 Å². The number of ketones is 3. The number of hydrogen-bond acceptors (Lipinski definition) is 7. The third-order valence-corrected chi connectivity index (χ3v) is 8.63. The summed E-state index contributed by atoms with van der Waals surface area (Å²) in [5.74, 6) is -1.49. The molecule has 152 valence electrons. The third-order valence-electron chi connectivity index (χ3n) is 6.88. The number of aryl methyl sites for hydroxylation is 1. The van der Waals surface area contributed by atoms with E-state index in [0.717, 1.165) is 30.4 Å². The molecule has 0 bridgehead atoms. The van der Waals surface area contributed by atoms with Gasteiger partial charge in [0.15, 0.2) is 15.6 Å². The number of benzene rings is 1. The van der Waals surface area contributed by atoms with Crippen LogP contribution in [-0.2, 0) is 21.7 Å². The number of sulfone groups is 1. The fraction of sp³-hybridized carbons (Fsp3) is 0.318. The largest absolute Gasteiger partial charge is 0.460 e. The molecule has 3 aliphatic carbocycles. The summed E-state index contributed by atoms with van der Waals surface area (Å²) in [5, 5.41) is 2.77. The number of Topliss-reactive ketones (excluding diaryl/α,β-unsaturated/α-hetero) is 2. The molecule has 1 aromatic carbocycles. The predicted molar refractivity (Wildman–Crippen MR) is 105 cm³/mol. The lowest BCUT2D eigenvalue weighted by molar-refractivity contribution is 0.0970. The summed E-state index contributed by atoms with van der Waals surface area (Å²) >= 11 is 0. The number of furan rings is 1. The van der Waals surface area contributed by atoms with Crippen LogP contribution in [-0.4, -0.2) is 38.1 Å². The SMILES string of the molecule is C[C@]12CCCc3coc(c31)C(=O)c1cc3c(cc12)C(=O)C1=C(NCCS1(=O)=O)C3=O. The summed E-state index contributed by atoms with van der Waals surface area (Å²) in [6.45, 7) is 2.08. The maximum atomic E-state index is 13.2. The number of nitrogens with one attached hydrogen (secondary N) is 1. The standard InChI is InChI=1S/C22H17NO6S/c1-22-4-2-3-10-9-29-20(15(10)22)18(25)13-7-11-12(8-14(13)22)19(26)21-16(17(11)24)23-5-6-30(21,27)28/h7-9,23H,2-6H2,1H3/t22-/m1/s1. The molecule has 1 atom stereocenters. The molecule has 1 N–H and O–H groups in total. The third kappa shape index (κ3) is 1.95. The number of allylic oxidation sites excluding steroid dienone is 2. The molecule has 0 saturated carbocycles. The highest BCUT2D eigenvalue weighted by molar-refractivity contribution is 7.96. The molecule has 1 aliphatic heterocycles. The zero-order chi connectivity index (χ0) is 21.0. The van der Waals surface area contributed by atoms with Gasteiger partial charge in [-0.2, -0.15) is 0 Å². The summed E-state index contributed by atoms with van der Waals surface area (Å²) in [7, 11) is -3.85. The quantitative estimate of drug-likeness (QED) is 0.691. The van der Waals surface area contributed by atoms with Crippen LogP contribution in [0.5, 0.6) is 0 Å². The molecule has 8 heteroatoms. The topological polar surface area (TPSA) is 111 Å². The lowest BCUT2D eigenvalue weighted by atomic mass is 9.62. The smallest absolute Gasteiger partial charge is 0.228 e. The van der Waals surface area contributed by atoms with E-state index in [4.69, 9.17) is 4.42 Å². The van der Waals surface area contributed by atoms with E-state index in [-0.39, 0.29) is 34.9 Å². The number of carbonyl (C=O) groups excluding carboxylic acids is 3. The van der Waals surface area contributed by atoms with Gasteiger partial charge in [0, 0.05) is 34.2 Å². The highest BCUT2D eigenvalue weighted by Gasteiger charge is 2.48. The Hall–Kier alpha value is -3.00. The van der Waals surface area contributed by atoms with E-state index in [9.17, 15) is 22.8 Å². The first kappa shape index (κ1) is 17.8. The lowest BCUT2D eigenvalue weighted by Gasteiger charge is -2.39. The summed E-state index contributed by atoms with van der Waals surface area (Å²) in [5.41, 5.74) is 2.24. The van der Waals surface area contributed by atoms with Crippen molar-refractivity contribution in [3.8, 4) is 0 Å². The van der Waals surface area contributed by atoms with Crippen LogP contribution in [0.25, 0.3) is 0 Å². The Kier molecular flexibility index (Phi) is 3.19. The second-order valence-electron chi connectivity index (χ2n) is 8.53. The second-order valence-corrected chi connectivity index (χ2v) is 10.6. The number of hydrogen-bond donors (Lipinski definition) is 1. The van der Waals surface area contributed by atoms with Gasteiger partial charge < -0.3 is 9.73 Å². The maximum absolute atomic E-state index is 13.2. The number of carbonyl (C=O) groups is 3. The molecule has 4 aliphatic rings. The van der Waals surface area contributed by atoms with Crippen molar-refractivity contribution in [2.24, 2.45) is 0 Å². The Morgan fingerprint density at radius 1 is 1.03 bits per heavy atom. The van der Waals surface area contributed by atoms with Gasteiger partial charge in [0.05, 0.1) is 12.0 Å². The van der Waals surface area contributed by atoms with Gasteiger partial charge in [0.25, 0.3) is 0 Å². The van der Waals surface area contributed by atoms with Crippen molar-refractivity contribution in [2.45, 2.75) is 31.6 Å². The fourth-order valence-electron chi connectivity index (χ4n) is 5.46. The Labute approximate surface area is 172 Å². The Morgan fingerprint density at radius 2 is 1.80 bits per heavy atom. The van der Waals surface area contributed by atoms with Crippen LogP contribution in [0.1, 0.15) is 73.3 Å². The molecule has 0 fully saturated rings. The minimum atomic E-state index is -3.85. The minimum Gasteiger partial charge on any atom is -0.460 e. The molecule has 0 radical (unpaired) electrons. The molecule has 6 rings (SSSR count). The van der Waals surface area contributed by atoms with Gasteiger partial charge >= 0.3 is 0 Å². The van der Waals surface area contributed by atoms with Crippen molar-refractivity contribution < 1.29 is 27.2 Å². The second kappa shape index (κ2) is 5.37. The highest BCUT2D eigenvalue weighted by atomic mass is 32.2. The molecule has 0 saturated heterocycles. The molecule has 30 heavy (non-hydrogen) atoms. The maximum Gasteiger partial charge on any atom is 0.228 e. The first-order valence-corrected chi connectivity index (χ1v) is 11.5. The molecule has 0 spiro atoms. The van der Waals surface area contributed by atoms with E-state index < -0.39 is 31.7 Å². The van der Waals surface area contributed by atoms with Crippen LogP contribution >= 0.6 is 0 Å². The first-order chi connectivity index (χ1) is 14.2. The van der Waals surface area contributed by atoms with Crippen molar-refractivity contribution in [3.63, 3.8) is 0 Å². The number of fused-ring (bicyclic) bond motifs is 3. The Balaban J connectivity index is 1.64. The summed E-state index contributed by atoms with van der Waals surface area (Å²) in [6.07, 6.45) is 4.10. The molecular weight excluding hydrogens is 406 g/mol. The van der Waals surface area contributed by atoms with Crippen LogP contribution in [0.2, 0.25) is 0 Å². The predicted octanol–water partition coefficient (Wildman–Crippen LogP) is 2.07. The summed E-state index contributed by atoms with van der Waals surface area (Å²) < 4.78 is 30.7. The van der Waals surface area contributed by atoms with Crippen molar-refractivity contribution in [3.05, 3.63) is 68.1 Å². The molecule has 7 nitrogen and oxygen atoms in total. The monoisotopic (exact) mass is 423 g/mol. The molecule has 1 aromatic heterocycles. The van der Waals surface area contributed by atoms with Crippen LogP contribution in [0.4, 0.5) is 0 Å². The number of rotatable bonds is 0. The van der Waals surface area contributed by atoms with Gasteiger partial charge in [-0.25, -0.2) is 8.42 Å². The fourth-order valence-corrected chi connectivity index (χ4v) is 6.91. The molecule has 0 unspecified atom stereocenters. The van der Waals surface area contributed by atoms with Gasteiger partial charge in [0.1, 0.15) is 10.6 Å². The highest BCUT2D eigenvalue weighted by Crippen LogP contribution is 2.50. The van der Waals surface area contributed by atoms with E-state index in [1.165, 1.54) is 6.07 Å². The van der Waals surface area contributed by atoms with Crippen molar-refractivity contribution in [2.75, 3.05) is 12.3 Å². The van der Waals surface area contributed by atoms with E-state index in [1.807, 2.05) is 6.92 Å². The normalized spacial score (nSPS) is 25.8. The molecular formula is C22H17NO6S. The van der Waals surface area contributed by atoms with Crippen LogP contribution in [0.15, 0.2) is 33.4 Å². The van der Waals surface area contributed by atoms with Crippen LogP contribution < -0.4 is 5.32 Å². The average molecular weight is 423 g/mol. The first-order valence-electron chi connectivity index (χ1n) is 9.88. The summed E-state index contributed by atoms with van der Waals surface area (Å²) in [4.78, 5) is 39.1. The van der Waals surface area contributed by atoms with Crippen LogP contribution in [0, 0.1) is 0 Å². The van der Waals surface area contributed by atoms with E-state index in [1.54, 1.807) is 12.3 Å². The lowest BCUT2D eigenvalue weighted by Crippen LogP contribution is -2.42. The van der Waals surface area contributed by atoms with Gasteiger partial charge in [0.2, 0.25) is 17.3 Å². The van der Waals surface area contributed by atoms with Crippen molar-refractivity contribution in [1.29, 1.82) is 0 Å². The zero-order valence-corrected chi connectivity index (χ0v) is 16.9. The molecule has 0 amide bonds. The van der Waals surface area contributed by atoms with Gasteiger partial charge in [-0.1, -0.05) is 6.92 Å². The molecule has 2 heterocycles. The Morgan fingerprint density at radius 3 is 2.60 bits per heavy atom. The van der Waals surface area contributed by atoms with E-state index in [2.05, 4.69) is 5.32 Å². The zero-order valence-electron chi connectivity index (χ0n) is 16.1. The van der Waals surface area contributed by atoms with Crippen molar-refractivity contribution >= 4 is 27.2 Å². The van der Waals surface area contributed by atoms with E-state index in [0.29, 0.717) is 16.9 Å². The van der Waals surface area contributed by atoms with Crippen LogP contribution in [0.3, 0.4) is 0 Å². The molecule has 2 aromatic rings. The van der Waals surface area contributed by atoms with Crippen molar-refractivity contribution in [1.82, 2.24) is 5.32 Å². The van der Waals surface area contributed by atoms with Gasteiger partial charge in [-0.05, 0) is 42.5 Å². The average Bonchev–Trinajstić information content (AvgIpc) is 3.15.